The summed E-state index contributed by atoms with van der Waals surface area (Å²) in [6.07, 6.45) is 0. The number of benzene rings is 1. The van der Waals surface area contributed by atoms with Crippen molar-refractivity contribution in [3.8, 4) is 0 Å². The van der Waals surface area contributed by atoms with E-state index in [4.69, 9.17) is 0 Å². The SMILES string of the molecule is CC(C)(C)c1[nH]nc2cc(F)ccc12. The Bertz CT molecular complexity index is 466. The van der Waals surface area contributed by atoms with Crippen LogP contribution >= 0.6 is 0 Å². The van der Waals surface area contributed by atoms with Crippen LogP contribution in [0.25, 0.3) is 10.9 Å². The Morgan fingerprint density at radius 1 is 1.29 bits per heavy atom. The Labute approximate surface area is 82.1 Å². The Morgan fingerprint density at radius 2 is 2.00 bits per heavy atom. The number of halogens is 1. The maximum atomic E-state index is 12.9. The molecule has 0 aliphatic carbocycles. The summed E-state index contributed by atoms with van der Waals surface area (Å²) in [5.41, 5.74) is 1.74. The van der Waals surface area contributed by atoms with Crippen molar-refractivity contribution in [1.82, 2.24) is 10.2 Å². The highest BCUT2D eigenvalue weighted by Gasteiger charge is 2.19. The molecule has 2 rings (SSSR count). The highest BCUT2D eigenvalue weighted by Crippen LogP contribution is 2.27. The highest BCUT2D eigenvalue weighted by atomic mass is 19.1. The largest absolute Gasteiger partial charge is 0.281 e. The number of H-pyrrole nitrogens is 1. The van der Waals surface area contributed by atoms with Gasteiger partial charge in [-0.2, -0.15) is 5.10 Å². The molecule has 2 nitrogen and oxygen atoms in total. The summed E-state index contributed by atoms with van der Waals surface area (Å²) in [6.45, 7) is 6.30. The quantitative estimate of drug-likeness (QED) is 0.683. The predicted molar refractivity (Wildman–Crippen MR) is 54.8 cm³/mol. The third kappa shape index (κ3) is 1.39. The van der Waals surface area contributed by atoms with Crippen molar-refractivity contribution in [3.63, 3.8) is 0 Å². The van der Waals surface area contributed by atoms with E-state index in [1.807, 2.05) is 0 Å². The lowest BCUT2D eigenvalue weighted by Gasteiger charge is -2.16. The molecule has 0 unspecified atom stereocenters. The summed E-state index contributed by atoms with van der Waals surface area (Å²) in [6, 6.07) is 4.68. The molecule has 1 aromatic carbocycles. The molecule has 1 aromatic heterocycles. The Kier molecular flexibility index (Phi) is 1.84. The molecule has 0 aliphatic rings. The molecule has 1 N–H and O–H groups in total. The van der Waals surface area contributed by atoms with E-state index in [1.54, 1.807) is 6.07 Å². The molecule has 0 atom stereocenters. The van der Waals surface area contributed by atoms with Crippen LogP contribution in [0.2, 0.25) is 0 Å². The first kappa shape index (κ1) is 9.19. The van der Waals surface area contributed by atoms with Crippen molar-refractivity contribution >= 4 is 10.9 Å². The number of nitrogens with one attached hydrogen (secondary N) is 1. The Morgan fingerprint density at radius 3 is 2.64 bits per heavy atom. The van der Waals surface area contributed by atoms with Crippen LogP contribution < -0.4 is 0 Å². The van der Waals surface area contributed by atoms with E-state index >= 15 is 0 Å². The van der Waals surface area contributed by atoms with Gasteiger partial charge in [-0.25, -0.2) is 4.39 Å². The summed E-state index contributed by atoms with van der Waals surface area (Å²) in [5, 5.41) is 8.04. The van der Waals surface area contributed by atoms with Gasteiger partial charge in [0.15, 0.2) is 0 Å². The number of hydrogen-bond acceptors (Lipinski definition) is 1. The molecule has 0 aliphatic heterocycles. The third-order valence-electron chi connectivity index (χ3n) is 2.27. The summed E-state index contributed by atoms with van der Waals surface area (Å²) in [4.78, 5) is 0. The van der Waals surface area contributed by atoms with E-state index in [0.717, 1.165) is 11.1 Å². The van der Waals surface area contributed by atoms with Crippen molar-refractivity contribution < 1.29 is 4.39 Å². The van der Waals surface area contributed by atoms with Crippen molar-refractivity contribution in [3.05, 3.63) is 29.7 Å². The first-order valence-electron chi connectivity index (χ1n) is 4.62. The molecule has 0 spiro atoms. The van der Waals surface area contributed by atoms with E-state index in [-0.39, 0.29) is 11.2 Å². The minimum atomic E-state index is -0.246. The fourth-order valence-corrected chi connectivity index (χ4v) is 1.56. The molecule has 1 heterocycles. The van der Waals surface area contributed by atoms with Crippen molar-refractivity contribution in [2.45, 2.75) is 26.2 Å². The average Bonchev–Trinajstić information content (AvgIpc) is 2.45. The van der Waals surface area contributed by atoms with Gasteiger partial charge in [0.05, 0.1) is 5.52 Å². The minimum absolute atomic E-state index is 0.00653. The molecule has 0 radical (unpaired) electrons. The molecule has 0 saturated carbocycles. The molecule has 74 valence electrons. The second-order valence-electron chi connectivity index (χ2n) is 4.51. The summed E-state index contributed by atoms with van der Waals surface area (Å²) < 4.78 is 12.9. The molecular formula is C11H13FN2. The van der Waals surface area contributed by atoms with Crippen LogP contribution in [0.3, 0.4) is 0 Å². The van der Waals surface area contributed by atoms with E-state index in [9.17, 15) is 4.39 Å². The van der Waals surface area contributed by atoms with Gasteiger partial charge in [-0.05, 0) is 12.1 Å². The number of rotatable bonds is 0. The number of aromatic amines is 1. The van der Waals surface area contributed by atoms with E-state index < -0.39 is 0 Å². The molecule has 0 saturated heterocycles. The van der Waals surface area contributed by atoms with Crippen LogP contribution in [0.15, 0.2) is 18.2 Å². The summed E-state index contributed by atoms with van der Waals surface area (Å²) in [7, 11) is 0. The lowest BCUT2D eigenvalue weighted by Crippen LogP contribution is -2.11. The lowest BCUT2D eigenvalue weighted by atomic mass is 9.90. The minimum Gasteiger partial charge on any atom is -0.281 e. The highest BCUT2D eigenvalue weighted by molar-refractivity contribution is 5.82. The molecular weight excluding hydrogens is 179 g/mol. The van der Waals surface area contributed by atoms with Crippen LogP contribution in [0.5, 0.6) is 0 Å². The van der Waals surface area contributed by atoms with Gasteiger partial charge in [-0.15, -0.1) is 0 Å². The maximum absolute atomic E-state index is 12.9. The zero-order valence-electron chi connectivity index (χ0n) is 8.56. The molecule has 14 heavy (non-hydrogen) atoms. The Balaban J connectivity index is 2.70. The first-order valence-corrected chi connectivity index (χ1v) is 4.62. The monoisotopic (exact) mass is 192 g/mol. The zero-order chi connectivity index (χ0) is 10.3. The van der Waals surface area contributed by atoms with Crippen LogP contribution in [-0.4, -0.2) is 10.2 Å². The summed E-state index contributed by atoms with van der Waals surface area (Å²) in [5.74, 6) is -0.246. The number of hydrogen-bond donors (Lipinski definition) is 1. The van der Waals surface area contributed by atoms with Gasteiger partial charge >= 0.3 is 0 Å². The van der Waals surface area contributed by atoms with Crippen LogP contribution in [-0.2, 0) is 5.41 Å². The number of fused-ring (bicyclic) bond motifs is 1. The van der Waals surface area contributed by atoms with Gasteiger partial charge in [-0.1, -0.05) is 20.8 Å². The van der Waals surface area contributed by atoms with Crippen LogP contribution in [0.1, 0.15) is 26.5 Å². The van der Waals surface area contributed by atoms with Gasteiger partial charge in [0.2, 0.25) is 0 Å². The second kappa shape index (κ2) is 2.80. The van der Waals surface area contributed by atoms with Crippen LogP contribution in [0, 0.1) is 5.82 Å². The first-order chi connectivity index (χ1) is 6.48. The van der Waals surface area contributed by atoms with Gasteiger partial charge in [0.25, 0.3) is 0 Å². The predicted octanol–water partition coefficient (Wildman–Crippen LogP) is 3.00. The fraction of sp³-hybridized carbons (Fsp3) is 0.364. The molecule has 2 aromatic rings. The van der Waals surface area contributed by atoms with E-state index in [1.165, 1.54) is 12.1 Å². The van der Waals surface area contributed by atoms with Gasteiger partial charge in [0.1, 0.15) is 5.82 Å². The molecule has 0 fully saturated rings. The zero-order valence-corrected chi connectivity index (χ0v) is 8.56. The van der Waals surface area contributed by atoms with E-state index in [0.29, 0.717) is 5.52 Å². The molecule has 0 amide bonds. The smallest absolute Gasteiger partial charge is 0.125 e. The average molecular weight is 192 g/mol. The lowest BCUT2D eigenvalue weighted by molar-refractivity contribution is 0.571. The topological polar surface area (TPSA) is 28.7 Å². The third-order valence-corrected chi connectivity index (χ3v) is 2.27. The van der Waals surface area contributed by atoms with E-state index in [2.05, 4.69) is 31.0 Å². The van der Waals surface area contributed by atoms with Crippen molar-refractivity contribution in [2.24, 2.45) is 0 Å². The Hall–Kier alpha value is -1.38. The van der Waals surface area contributed by atoms with Crippen molar-refractivity contribution in [2.75, 3.05) is 0 Å². The normalized spacial score (nSPS) is 12.3. The molecule has 0 bridgehead atoms. The number of nitrogens with zero attached hydrogens (tertiary/aromatic N) is 1. The van der Waals surface area contributed by atoms with Gasteiger partial charge in [-0.3, -0.25) is 5.10 Å². The van der Waals surface area contributed by atoms with Gasteiger partial charge < -0.3 is 0 Å². The van der Waals surface area contributed by atoms with Crippen LogP contribution in [0.4, 0.5) is 4.39 Å². The summed E-state index contributed by atoms with van der Waals surface area (Å²) >= 11 is 0. The van der Waals surface area contributed by atoms with Gasteiger partial charge in [0, 0.05) is 22.6 Å². The standard InChI is InChI=1S/C11H13FN2/c1-11(2,3)10-8-5-4-7(12)6-9(8)13-14-10/h4-6H,1-3H3,(H,13,14). The molecule has 3 heteroatoms. The maximum Gasteiger partial charge on any atom is 0.125 e. The second-order valence-corrected chi connectivity index (χ2v) is 4.51. The number of aromatic nitrogens is 2. The van der Waals surface area contributed by atoms with Crippen molar-refractivity contribution in [1.29, 1.82) is 0 Å². The fourth-order valence-electron chi connectivity index (χ4n) is 1.56.